The SMILES string of the molecule is CN=C(NC#N)Nc1ccccc1F. The highest BCUT2D eigenvalue weighted by atomic mass is 19.1. The molecule has 1 aromatic rings. The number of para-hydroxylation sites is 1. The van der Waals surface area contributed by atoms with Crippen molar-refractivity contribution >= 4 is 11.6 Å². The van der Waals surface area contributed by atoms with Crippen molar-refractivity contribution in [2.24, 2.45) is 4.99 Å². The Bertz CT molecular complexity index is 381. The van der Waals surface area contributed by atoms with Crippen molar-refractivity contribution in [1.82, 2.24) is 5.32 Å². The Kier molecular flexibility index (Phi) is 3.44. The van der Waals surface area contributed by atoms with Crippen LogP contribution in [0.1, 0.15) is 0 Å². The molecule has 0 unspecified atom stereocenters. The number of benzene rings is 1. The summed E-state index contributed by atoms with van der Waals surface area (Å²) in [5, 5.41) is 13.3. The van der Waals surface area contributed by atoms with Crippen molar-refractivity contribution < 1.29 is 4.39 Å². The summed E-state index contributed by atoms with van der Waals surface area (Å²) >= 11 is 0. The second kappa shape index (κ2) is 4.82. The van der Waals surface area contributed by atoms with Gasteiger partial charge in [-0.1, -0.05) is 12.1 Å². The zero-order valence-electron chi connectivity index (χ0n) is 7.58. The van der Waals surface area contributed by atoms with Crippen LogP contribution in [-0.2, 0) is 0 Å². The van der Waals surface area contributed by atoms with Gasteiger partial charge in [-0.15, -0.1) is 0 Å². The summed E-state index contributed by atoms with van der Waals surface area (Å²) < 4.78 is 13.1. The molecule has 0 atom stereocenters. The van der Waals surface area contributed by atoms with Crippen molar-refractivity contribution in [2.75, 3.05) is 12.4 Å². The molecule has 0 heterocycles. The van der Waals surface area contributed by atoms with Crippen molar-refractivity contribution in [1.29, 1.82) is 5.26 Å². The highest BCUT2D eigenvalue weighted by molar-refractivity contribution is 5.94. The van der Waals surface area contributed by atoms with E-state index in [9.17, 15) is 4.39 Å². The molecule has 0 aliphatic heterocycles. The molecular weight excluding hydrogens is 183 g/mol. The lowest BCUT2D eigenvalue weighted by atomic mass is 10.3. The van der Waals surface area contributed by atoms with Crippen LogP contribution >= 0.6 is 0 Å². The van der Waals surface area contributed by atoms with E-state index >= 15 is 0 Å². The van der Waals surface area contributed by atoms with Crippen LogP contribution in [0.2, 0.25) is 0 Å². The number of halogens is 1. The summed E-state index contributed by atoms with van der Waals surface area (Å²) in [5.74, 6) is -0.189. The molecule has 5 heteroatoms. The Morgan fingerprint density at radius 1 is 1.50 bits per heavy atom. The third-order valence-electron chi connectivity index (χ3n) is 1.52. The first-order valence-electron chi connectivity index (χ1n) is 3.91. The summed E-state index contributed by atoms with van der Waals surface area (Å²) in [6.45, 7) is 0. The van der Waals surface area contributed by atoms with E-state index in [2.05, 4.69) is 15.6 Å². The largest absolute Gasteiger partial charge is 0.323 e. The highest BCUT2D eigenvalue weighted by Crippen LogP contribution is 2.11. The number of nitriles is 1. The number of hydrogen-bond donors (Lipinski definition) is 2. The number of rotatable bonds is 1. The number of hydrogen-bond acceptors (Lipinski definition) is 2. The highest BCUT2D eigenvalue weighted by Gasteiger charge is 2.02. The number of aliphatic imine (C=N–C) groups is 1. The van der Waals surface area contributed by atoms with E-state index in [0.29, 0.717) is 0 Å². The van der Waals surface area contributed by atoms with Crippen molar-refractivity contribution in [3.05, 3.63) is 30.1 Å². The zero-order valence-corrected chi connectivity index (χ0v) is 7.58. The monoisotopic (exact) mass is 192 g/mol. The van der Waals surface area contributed by atoms with Gasteiger partial charge >= 0.3 is 0 Å². The molecule has 1 aromatic carbocycles. The molecule has 0 spiro atoms. The fourth-order valence-corrected chi connectivity index (χ4v) is 0.886. The zero-order chi connectivity index (χ0) is 10.4. The van der Waals surface area contributed by atoms with Gasteiger partial charge in [-0.25, -0.2) is 4.39 Å². The smallest absolute Gasteiger partial charge is 0.209 e. The Labute approximate surface area is 81.1 Å². The van der Waals surface area contributed by atoms with Gasteiger partial charge in [-0.2, -0.15) is 5.26 Å². The van der Waals surface area contributed by atoms with Gasteiger partial charge in [0.25, 0.3) is 0 Å². The summed E-state index contributed by atoms with van der Waals surface area (Å²) in [4.78, 5) is 3.72. The molecule has 0 aliphatic carbocycles. The Hall–Kier alpha value is -2.09. The number of nitrogens with zero attached hydrogens (tertiary/aromatic N) is 2. The van der Waals surface area contributed by atoms with Gasteiger partial charge in [0.2, 0.25) is 5.96 Å². The van der Waals surface area contributed by atoms with Crippen molar-refractivity contribution in [3.63, 3.8) is 0 Å². The van der Waals surface area contributed by atoms with E-state index in [1.165, 1.54) is 13.1 Å². The van der Waals surface area contributed by atoms with Crippen LogP contribution in [0.5, 0.6) is 0 Å². The standard InChI is InChI=1S/C9H9FN4/c1-12-9(13-6-11)14-8-5-3-2-4-7(8)10/h2-5H,1H3,(H2,12,13,14). The molecule has 1 rings (SSSR count). The van der Waals surface area contributed by atoms with Crippen molar-refractivity contribution in [2.45, 2.75) is 0 Å². The molecule has 72 valence electrons. The van der Waals surface area contributed by atoms with E-state index in [4.69, 9.17) is 5.26 Å². The summed E-state index contributed by atoms with van der Waals surface area (Å²) in [5.41, 5.74) is 0.274. The summed E-state index contributed by atoms with van der Waals surface area (Å²) in [6, 6.07) is 6.15. The number of anilines is 1. The van der Waals surface area contributed by atoms with E-state index < -0.39 is 5.82 Å². The van der Waals surface area contributed by atoms with Crippen LogP contribution in [-0.4, -0.2) is 13.0 Å². The minimum Gasteiger partial charge on any atom is -0.323 e. The van der Waals surface area contributed by atoms with Gasteiger partial charge in [0, 0.05) is 7.05 Å². The lowest BCUT2D eigenvalue weighted by Gasteiger charge is -2.07. The first-order chi connectivity index (χ1) is 6.77. The van der Waals surface area contributed by atoms with E-state index in [-0.39, 0.29) is 11.6 Å². The normalized spacial score (nSPS) is 10.5. The predicted molar refractivity (Wildman–Crippen MR) is 52.1 cm³/mol. The summed E-state index contributed by atoms with van der Waals surface area (Å²) in [7, 11) is 1.49. The molecule has 0 bridgehead atoms. The summed E-state index contributed by atoms with van der Waals surface area (Å²) in [6.07, 6.45) is 1.69. The van der Waals surface area contributed by atoms with E-state index in [1.54, 1.807) is 24.4 Å². The van der Waals surface area contributed by atoms with Crippen LogP contribution in [0.4, 0.5) is 10.1 Å². The second-order valence-electron chi connectivity index (χ2n) is 2.41. The molecule has 0 fully saturated rings. The second-order valence-corrected chi connectivity index (χ2v) is 2.41. The Morgan fingerprint density at radius 2 is 2.21 bits per heavy atom. The molecule has 0 radical (unpaired) electrons. The topological polar surface area (TPSA) is 60.2 Å². The molecule has 0 saturated carbocycles. The van der Waals surface area contributed by atoms with Crippen LogP contribution < -0.4 is 10.6 Å². The molecule has 0 amide bonds. The predicted octanol–water partition coefficient (Wildman–Crippen LogP) is 1.29. The molecule has 14 heavy (non-hydrogen) atoms. The molecule has 0 aromatic heterocycles. The van der Waals surface area contributed by atoms with Gasteiger partial charge in [0.05, 0.1) is 5.69 Å². The van der Waals surface area contributed by atoms with Gasteiger partial charge in [0.15, 0.2) is 6.19 Å². The molecular formula is C9H9FN4. The van der Waals surface area contributed by atoms with E-state index in [1.807, 2.05) is 0 Å². The molecule has 2 N–H and O–H groups in total. The van der Waals surface area contributed by atoms with Gasteiger partial charge < -0.3 is 5.32 Å². The average Bonchev–Trinajstić information content (AvgIpc) is 2.20. The Balaban J connectivity index is 2.79. The maximum atomic E-state index is 13.1. The van der Waals surface area contributed by atoms with Gasteiger partial charge in [0.1, 0.15) is 5.82 Å². The van der Waals surface area contributed by atoms with Gasteiger partial charge in [-0.05, 0) is 12.1 Å². The minimum atomic E-state index is -0.395. The molecule has 0 saturated heterocycles. The molecule has 4 nitrogen and oxygen atoms in total. The number of guanidine groups is 1. The Morgan fingerprint density at radius 3 is 2.79 bits per heavy atom. The maximum Gasteiger partial charge on any atom is 0.209 e. The van der Waals surface area contributed by atoms with Crippen LogP contribution in [0, 0.1) is 17.3 Å². The molecule has 0 aliphatic rings. The number of nitrogens with one attached hydrogen (secondary N) is 2. The quantitative estimate of drug-likeness (QED) is 0.305. The van der Waals surface area contributed by atoms with Crippen LogP contribution in [0.25, 0.3) is 0 Å². The lowest BCUT2D eigenvalue weighted by Crippen LogP contribution is -2.26. The van der Waals surface area contributed by atoms with Crippen LogP contribution in [0.3, 0.4) is 0 Å². The fraction of sp³-hybridized carbons (Fsp3) is 0.111. The maximum absolute atomic E-state index is 13.1. The van der Waals surface area contributed by atoms with Crippen molar-refractivity contribution in [3.8, 4) is 6.19 Å². The minimum absolute atomic E-state index is 0.206. The third kappa shape index (κ3) is 2.45. The van der Waals surface area contributed by atoms with Crippen LogP contribution in [0.15, 0.2) is 29.3 Å². The third-order valence-corrected chi connectivity index (χ3v) is 1.52. The first kappa shape index (κ1) is 9.99. The lowest BCUT2D eigenvalue weighted by molar-refractivity contribution is 0.632. The van der Waals surface area contributed by atoms with Gasteiger partial charge in [-0.3, -0.25) is 10.3 Å². The first-order valence-corrected chi connectivity index (χ1v) is 3.91. The fourth-order valence-electron chi connectivity index (χ4n) is 0.886. The average molecular weight is 192 g/mol. The van der Waals surface area contributed by atoms with E-state index in [0.717, 1.165) is 0 Å².